The van der Waals surface area contributed by atoms with Gasteiger partial charge in [0.1, 0.15) is 5.78 Å². The van der Waals surface area contributed by atoms with Gasteiger partial charge in [-0.05, 0) is 43.9 Å². The molecule has 0 radical (unpaired) electrons. The number of ether oxygens (including phenoxy) is 1. The van der Waals surface area contributed by atoms with Crippen LogP contribution in [0.25, 0.3) is 17.0 Å². The van der Waals surface area contributed by atoms with Gasteiger partial charge >= 0.3 is 5.97 Å². The molecule has 0 bridgehead atoms. The predicted octanol–water partition coefficient (Wildman–Crippen LogP) is 4.50. The number of aryl methyl sites for hydroxylation is 1. The molecule has 26 heavy (non-hydrogen) atoms. The van der Waals surface area contributed by atoms with E-state index in [9.17, 15) is 9.59 Å². The van der Waals surface area contributed by atoms with Gasteiger partial charge in [0.15, 0.2) is 0 Å². The topological polar surface area (TPSA) is 56.3 Å². The third kappa shape index (κ3) is 3.85. The van der Waals surface area contributed by atoms with Crippen molar-refractivity contribution in [3.8, 4) is 0 Å². The van der Waals surface area contributed by atoms with Crippen molar-refractivity contribution in [2.45, 2.75) is 46.0 Å². The number of carbonyl (C=O) groups is 2. The van der Waals surface area contributed by atoms with Crippen molar-refractivity contribution in [1.29, 1.82) is 0 Å². The van der Waals surface area contributed by atoms with Crippen LogP contribution < -0.4 is 0 Å². The second-order valence-corrected chi connectivity index (χ2v) is 6.86. The van der Waals surface area contributed by atoms with Gasteiger partial charge in [-0.15, -0.1) is 0 Å². The maximum absolute atomic E-state index is 12.5. The average molecular weight is 351 g/mol. The molecule has 2 aromatic rings. The summed E-state index contributed by atoms with van der Waals surface area (Å²) < 4.78 is 5.30. The van der Waals surface area contributed by atoms with Crippen molar-refractivity contribution in [3.05, 3.63) is 47.7 Å². The third-order valence-electron chi connectivity index (χ3n) is 5.11. The number of nitrogens with zero attached hydrogens (tertiary/aromatic N) is 1. The van der Waals surface area contributed by atoms with Gasteiger partial charge in [0.25, 0.3) is 0 Å². The lowest BCUT2D eigenvalue weighted by molar-refractivity contribution is -0.154. The predicted molar refractivity (Wildman–Crippen MR) is 103 cm³/mol. The van der Waals surface area contributed by atoms with Gasteiger partial charge in [0.05, 0.1) is 17.5 Å². The molecule has 1 aromatic heterocycles. The zero-order chi connectivity index (χ0) is 18.6. The van der Waals surface area contributed by atoms with Crippen LogP contribution in [0.4, 0.5) is 0 Å². The van der Waals surface area contributed by atoms with Crippen LogP contribution in [-0.2, 0) is 20.7 Å². The summed E-state index contributed by atoms with van der Waals surface area (Å²) in [5.74, 6) is -0.00347. The van der Waals surface area contributed by atoms with E-state index in [1.165, 1.54) is 0 Å². The molecular formula is C22H25NO3. The molecule has 0 aliphatic heterocycles. The minimum atomic E-state index is -0.697. The van der Waals surface area contributed by atoms with Crippen LogP contribution >= 0.6 is 0 Å². The van der Waals surface area contributed by atoms with E-state index in [0.29, 0.717) is 32.3 Å². The number of pyridine rings is 1. The number of Topliss-reactive ketones (excluding diaryl/α,β-unsaturated/α-hetero) is 1. The van der Waals surface area contributed by atoms with Crippen molar-refractivity contribution >= 4 is 28.7 Å². The molecular weight excluding hydrogens is 326 g/mol. The average Bonchev–Trinajstić information content (AvgIpc) is 2.67. The zero-order valence-corrected chi connectivity index (χ0v) is 15.5. The van der Waals surface area contributed by atoms with E-state index in [0.717, 1.165) is 28.6 Å². The molecule has 1 heterocycles. The summed E-state index contributed by atoms with van der Waals surface area (Å²) in [5, 5.41) is 1.10. The Kier molecular flexibility index (Phi) is 5.50. The van der Waals surface area contributed by atoms with Crippen molar-refractivity contribution in [2.24, 2.45) is 5.41 Å². The van der Waals surface area contributed by atoms with Crippen LogP contribution in [0, 0.1) is 5.41 Å². The summed E-state index contributed by atoms with van der Waals surface area (Å²) in [5.41, 5.74) is 2.32. The number of esters is 1. The molecule has 0 N–H and O–H groups in total. The lowest BCUT2D eigenvalue weighted by atomic mass is 9.73. The zero-order valence-electron chi connectivity index (χ0n) is 15.5. The lowest BCUT2D eigenvalue weighted by Crippen LogP contribution is -2.35. The summed E-state index contributed by atoms with van der Waals surface area (Å²) in [6.45, 7) is 4.25. The Balaban J connectivity index is 1.90. The largest absolute Gasteiger partial charge is 0.465 e. The van der Waals surface area contributed by atoms with Gasteiger partial charge < -0.3 is 4.74 Å². The van der Waals surface area contributed by atoms with E-state index in [4.69, 9.17) is 4.74 Å². The van der Waals surface area contributed by atoms with E-state index >= 15 is 0 Å². The molecule has 0 saturated heterocycles. The Morgan fingerprint density at radius 2 is 1.92 bits per heavy atom. The third-order valence-corrected chi connectivity index (χ3v) is 5.11. The molecule has 0 atom stereocenters. The quantitative estimate of drug-likeness (QED) is 0.744. The Morgan fingerprint density at radius 1 is 1.19 bits per heavy atom. The van der Waals surface area contributed by atoms with Crippen molar-refractivity contribution < 1.29 is 14.3 Å². The minimum absolute atomic E-state index is 0.223. The number of fused-ring (bicyclic) bond motifs is 1. The second kappa shape index (κ2) is 7.81. The Hall–Kier alpha value is -2.49. The molecule has 4 nitrogen and oxygen atoms in total. The van der Waals surface area contributed by atoms with Gasteiger partial charge in [-0.1, -0.05) is 37.3 Å². The molecule has 0 spiro atoms. The highest BCUT2D eigenvalue weighted by atomic mass is 16.5. The fraction of sp³-hybridized carbons (Fsp3) is 0.409. The summed E-state index contributed by atoms with van der Waals surface area (Å²) in [6, 6.07) is 10.2. The maximum Gasteiger partial charge on any atom is 0.315 e. The number of aromatic nitrogens is 1. The standard InChI is InChI=1S/C22H25NO3/c1-3-18-8-7-17-6-5-16(15-20(17)23-18)9-12-22(21(25)26-4-2)13-10-19(24)11-14-22/h5-9,12,15H,3-4,10-11,13-14H2,1-2H3/b12-9+. The normalized spacial score (nSPS) is 16.9. The van der Waals surface area contributed by atoms with Crippen molar-refractivity contribution in [1.82, 2.24) is 4.98 Å². The summed E-state index contributed by atoms with van der Waals surface area (Å²) in [7, 11) is 0. The second-order valence-electron chi connectivity index (χ2n) is 6.86. The number of rotatable bonds is 5. The first-order valence-corrected chi connectivity index (χ1v) is 9.34. The van der Waals surface area contributed by atoms with Crippen molar-refractivity contribution in [2.75, 3.05) is 6.61 Å². The van der Waals surface area contributed by atoms with Crippen LogP contribution in [0.1, 0.15) is 50.8 Å². The molecule has 1 aliphatic rings. The molecule has 4 heteroatoms. The number of benzene rings is 1. The molecule has 1 aliphatic carbocycles. The smallest absolute Gasteiger partial charge is 0.315 e. The van der Waals surface area contributed by atoms with Crippen LogP contribution in [0.3, 0.4) is 0 Å². The fourth-order valence-electron chi connectivity index (χ4n) is 3.42. The number of ketones is 1. The molecule has 136 valence electrons. The lowest BCUT2D eigenvalue weighted by Gasteiger charge is -2.31. The summed E-state index contributed by atoms with van der Waals surface area (Å²) >= 11 is 0. The number of hydrogen-bond acceptors (Lipinski definition) is 4. The molecule has 0 amide bonds. The van der Waals surface area contributed by atoms with Crippen molar-refractivity contribution in [3.63, 3.8) is 0 Å². The van der Waals surface area contributed by atoms with Gasteiger partial charge in [-0.2, -0.15) is 0 Å². The molecule has 1 fully saturated rings. The number of hydrogen-bond donors (Lipinski definition) is 0. The first kappa shape index (κ1) is 18.3. The molecule has 0 unspecified atom stereocenters. The SMILES string of the molecule is CCOC(=O)C1(/C=C/c2ccc3ccc(CC)nc3c2)CCC(=O)CC1. The highest BCUT2D eigenvalue weighted by Crippen LogP contribution is 2.38. The monoisotopic (exact) mass is 351 g/mol. The van der Waals surface area contributed by atoms with E-state index in [1.807, 2.05) is 43.3 Å². The Bertz CT molecular complexity index is 844. The van der Waals surface area contributed by atoms with Gasteiger partial charge in [-0.25, -0.2) is 0 Å². The summed E-state index contributed by atoms with van der Waals surface area (Å²) in [6.07, 6.45) is 6.70. The van der Waals surface area contributed by atoms with Crippen LogP contribution in [0.2, 0.25) is 0 Å². The Morgan fingerprint density at radius 3 is 2.62 bits per heavy atom. The molecule has 1 saturated carbocycles. The molecule has 3 rings (SSSR count). The fourth-order valence-corrected chi connectivity index (χ4v) is 3.42. The number of carbonyl (C=O) groups excluding carboxylic acids is 2. The van der Waals surface area contributed by atoms with Crippen LogP contribution in [0.5, 0.6) is 0 Å². The highest BCUT2D eigenvalue weighted by molar-refractivity contribution is 5.87. The van der Waals surface area contributed by atoms with Crippen LogP contribution in [0.15, 0.2) is 36.4 Å². The molecule has 1 aromatic carbocycles. The highest BCUT2D eigenvalue weighted by Gasteiger charge is 2.40. The van der Waals surface area contributed by atoms with E-state index in [2.05, 4.69) is 18.0 Å². The van der Waals surface area contributed by atoms with Gasteiger partial charge in [0, 0.05) is 23.9 Å². The van der Waals surface area contributed by atoms with E-state index < -0.39 is 5.41 Å². The maximum atomic E-state index is 12.5. The van der Waals surface area contributed by atoms with Crippen LogP contribution in [-0.4, -0.2) is 23.3 Å². The van der Waals surface area contributed by atoms with E-state index in [-0.39, 0.29) is 11.8 Å². The van der Waals surface area contributed by atoms with E-state index in [1.54, 1.807) is 0 Å². The summed E-state index contributed by atoms with van der Waals surface area (Å²) in [4.78, 5) is 28.8. The minimum Gasteiger partial charge on any atom is -0.465 e. The Labute approximate surface area is 154 Å². The van der Waals surface area contributed by atoms with Gasteiger partial charge in [-0.3, -0.25) is 14.6 Å². The van der Waals surface area contributed by atoms with Gasteiger partial charge in [0.2, 0.25) is 0 Å². The first-order chi connectivity index (χ1) is 12.6. The first-order valence-electron chi connectivity index (χ1n) is 9.34.